The summed E-state index contributed by atoms with van der Waals surface area (Å²) in [4.78, 5) is 9.22. The van der Waals surface area contributed by atoms with Crippen LogP contribution in [0.25, 0.3) is 0 Å². The van der Waals surface area contributed by atoms with Gasteiger partial charge in [-0.1, -0.05) is 6.92 Å². The van der Waals surface area contributed by atoms with Gasteiger partial charge in [0.25, 0.3) is 0 Å². The van der Waals surface area contributed by atoms with E-state index in [-0.39, 0.29) is 12.1 Å². The van der Waals surface area contributed by atoms with Crippen LogP contribution in [0.1, 0.15) is 57.2 Å². The van der Waals surface area contributed by atoms with Crippen molar-refractivity contribution >= 4 is 11.6 Å². The number of anilines is 2. The first kappa shape index (κ1) is 14.6. The van der Waals surface area contributed by atoms with Crippen LogP contribution in [0.4, 0.5) is 11.6 Å². The van der Waals surface area contributed by atoms with Gasteiger partial charge in [0.2, 0.25) is 0 Å². The van der Waals surface area contributed by atoms with Gasteiger partial charge in [0, 0.05) is 19.0 Å². The van der Waals surface area contributed by atoms with Crippen molar-refractivity contribution in [3.05, 3.63) is 11.9 Å². The van der Waals surface area contributed by atoms with Crippen LogP contribution < -0.4 is 10.6 Å². The largest absolute Gasteiger partial charge is 0.394 e. The highest BCUT2D eigenvalue weighted by Crippen LogP contribution is 2.39. The van der Waals surface area contributed by atoms with Crippen LogP contribution in [0.5, 0.6) is 0 Å². The minimum absolute atomic E-state index is 0.164. The van der Waals surface area contributed by atoms with Gasteiger partial charge in [-0.25, -0.2) is 9.97 Å². The molecule has 3 rings (SSSR count). The van der Waals surface area contributed by atoms with Gasteiger partial charge in [-0.05, 0) is 44.4 Å². The summed E-state index contributed by atoms with van der Waals surface area (Å²) in [5.74, 6) is 3.91. The summed E-state index contributed by atoms with van der Waals surface area (Å²) < 4.78 is 0. The van der Waals surface area contributed by atoms with E-state index in [0.29, 0.717) is 5.92 Å². The van der Waals surface area contributed by atoms with Crippen LogP contribution >= 0.6 is 0 Å². The summed E-state index contributed by atoms with van der Waals surface area (Å²) in [7, 11) is 1.88. The fourth-order valence-electron chi connectivity index (χ4n) is 3.09. The first-order valence-corrected chi connectivity index (χ1v) is 8.10. The maximum atomic E-state index is 9.88. The number of nitrogens with one attached hydrogen (secondary N) is 2. The lowest BCUT2D eigenvalue weighted by molar-refractivity contribution is 0.155. The molecule has 0 aliphatic heterocycles. The first-order chi connectivity index (χ1) is 10.1. The van der Waals surface area contributed by atoms with Gasteiger partial charge in [0.05, 0.1) is 12.1 Å². The summed E-state index contributed by atoms with van der Waals surface area (Å²) >= 11 is 0. The zero-order valence-corrected chi connectivity index (χ0v) is 13.0. The molecule has 0 bridgehead atoms. The molecule has 21 heavy (non-hydrogen) atoms. The monoisotopic (exact) mass is 290 g/mol. The van der Waals surface area contributed by atoms with E-state index in [4.69, 9.17) is 0 Å². The standard InChI is InChI=1S/C16H26N4O/c1-11-5-7-16(10-21,8-6-11)20-14-9-13(17-2)18-15(19-14)12-3-4-12/h9,11-12,21H,3-8,10H2,1-2H3,(H2,17,18,19,20). The van der Waals surface area contributed by atoms with Crippen molar-refractivity contribution in [2.24, 2.45) is 5.92 Å². The maximum absolute atomic E-state index is 9.88. The second-order valence-corrected chi connectivity index (χ2v) is 6.77. The third-order valence-electron chi connectivity index (χ3n) is 4.87. The Balaban J connectivity index is 1.80. The Labute approximate surface area is 126 Å². The van der Waals surface area contributed by atoms with Crippen LogP contribution in [-0.4, -0.2) is 34.3 Å². The molecule has 1 aromatic rings. The van der Waals surface area contributed by atoms with E-state index in [1.807, 2.05) is 13.1 Å². The van der Waals surface area contributed by atoms with Crippen molar-refractivity contribution < 1.29 is 5.11 Å². The van der Waals surface area contributed by atoms with Crippen LogP contribution in [-0.2, 0) is 0 Å². The quantitative estimate of drug-likeness (QED) is 0.778. The Morgan fingerprint density at radius 3 is 2.43 bits per heavy atom. The fraction of sp³-hybridized carbons (Fsp3) is 0.750. The number of hydrogen-bond acceptors (Lipinski definition) is 5. The van der Waals surface area contributed by atoms with Gasteiger partial charge in [0.15, 0.2) is 0 Å². The summed E-state index contributed by atoms with van der Waals surface area (Å²) in [6.45, 7) is 2.45. The van der Waals surface area contributed by atoms with Crippen molar-refractivity contribution in [1.29, 1.82) is 0 Å². The van der Waals surface area contributed by atoms with Gasteiger partial charge in [-0.15, -0.1) is 0 Å². The lowest BCUT2D eigenvalue weighted by atomic mass is 9.77. The van der Waals surface area contributed by atoms with Crippen molar-refractivity contribution in [2.75, 3.05) is 24.3 Å². The summed E-state index contributed by atoms with van der Waals surface area (Å²) in [6, 6.07) is 1.95. The van der Waals surface area contributed by atoms with Gasteiger partial charge in [-0.3, -0.25) is 0 Å². The Hall–Kier alpha value is -1.36. The molecule has 1 heterocycles. The molecule has 5 nitrogen and oxygen atoms in total. The Morgan fingerprint density at radius 2 is 1.86 bits per heavy atom. The second-order valence-electron chi connectivity index (χ2n) is 6.77. The molecule has 0 atom stereocenters. The minimum atomic E-state index is -0.216. The maximum Gasteiger partial charge on any atom is 0.136 e. The Bertz CT molecular complexity index is 493. The summed E-state index contributed by atoms with van der Waals surface area (Å²) in [5.41, 5.74) is -0.216. The molecule has 1 aromatic heterocycles. The van der Waals surface area contributed by atoms with Crippen molar-refractivity contribution in [3.8, 4) is 0 Å². The van der Waals surface area contributed by atoms with Crippen molar-refractivity contribution in [1.82, 2.24) is 9.97 Å². The molecule has 2 aliphatic carbocycles. The molecule has 2 aliphatic rings. The highest BCUT2D eigenvalue weighted by atomic mass is 16.3. The topological polar surface area (TPSA) is 70.1 Å². The number of rotatable bonds is 5. The van der Waals surface area contributed by atoms with Crippen molar-refractivity contribution in [3.63, 3.8) is 0 Å². The lowest BCUT2D eigenvalue weighted by Gasteiger charge is -2.39. The predicted molar refractivity (Wildman–Crippen MR) is 84.6 cm³/mol. The SMILES string of the molecule is CNc1cc(NC2(CO)CCC(C)CC2)nc(C2CC2)n1. The molecule has 0 saturated heterocycles. The molecule has 2 saturated carbocycles. The zero-order valence-electron chi connectivity index (χ0n) is 13.0. The highest BCUT2D eigenvalue weighted by Gasteiger charge is 2.34. The van der Waals surface area contributed by atoms with Gasteiger partial charge in [0.1, 0.15) is 17.5 Å². The highest BCUT2D eigenvalue weighted by molar-refractivity contribution is 5.49. The molecule has 2 fully saturated rings. The van der Waals surface area contributed by atoms with E-state index in [1.165, 1.54) is 12.8 Å². The lowest BCUT2D eigenvalue weighted by Crippen LogP contribution is -2.45. The van der Waals surface area contributed by atoms with Crippen LogP contribution in [0.3, 0.4) is 0 Å². The number of hydrogen-bond donors (Lipinski definition) is 3. The molecule has 5 heteroatoms. The molecular formula is C16H26N4O. The molecule has 0 aromatic carbocycles. The van der Waals surface area contributed by atoms with Crippen molar-refractivity contribution in [2.45, 2.75) is 56.9 Å². The average Bonchev–Trinajstić information content (AvgIpc) is 3.34. The first-order valence-electron chi connectivity index (χ1n) is 8.10. The second kappa shape index (κ2) is 5.79. The van der Waals surface area contributed by atoms with E-state index >= 15 is 0 Å². The summed E-state index contributed by atoms with van der Waals surface area (Å²) in [5, 5.41) is 16.5. The molecule has 3 N–H and O–H groups in total. The van der Waals surface area contributed by atoms with Gasteiger partial charge >= 0.3 is 0 Å². The molecule has 0 unspecified atom stereocenters. The third kappa shape index (κ3) is 3.28. The third-order valence-corrected chi connectivity index (χ3v) is 4.87. The van der Waals surface area contributed by atoms with Crippen LogP contribution in [0.15, 0.2) is 6.07 Å². The Morgan fingerprint density at radius 1 is 1.19 bits per heavy atom. The number of aliphatic hydroxyl groups is 1. The molecule has 116 valence electrons. The van der Waals surface area contributed by atoms with E-state index < -0.39 is 0 Å². The van der Waals surface area contributed by atoms with Crippen LogP contribution in [0, 0.1) is 5.92 Å². The fourth-order valence-corrected chi connectivity index (χ4v) is 3.09. The molecule has 0 amide bonds. The number of nitrogens with zero attached hydrogens (tertiary/aromatic N) is 2. The van der Waals surface area contributed by atoms with E-state index in [2.05, 4.69) is 27.5 Å². The zero-order chi connectivity index (χ0) is 14.9. The average molecular weight is 290 g/mol. The number of aromatic nitrogens is 2. The van der Waals surface area contributed by atoms with E-state index in [0.717, 1.165) is 49.1 Å². The predicted octanol–water partition coefficient (Wildman–Crippen LogP) is 2.75. The minimum Gasteiger partial charge on any atom is -0.394 e. The molecule has 0 spiro atoms. The summed E-state index contributed by atoms with van der Waals surface area (Å²) in [6.07, 6.45) is 6.70. The molecular weight excluding hydrogens is 264 g/mol. The smallest absolute Gasteiger partial charge is 0.136 e. The van der Waals surface area contributed by atoms with E-state index in [9.17, 15) is 5.11 Å². The van der Waals surface area contributed by atoms with Gasteiger partial charge < -0.3 is 15.7 Å². The van der Waals surface area contributed by atoms with E-state index in [1.54, 1.807) is 0 Å². The van der Waals surface area contributed by atoms with Gasteiger partial charge in [-0.2, -0.15) is 0 Å². The Kier molecular flexibility index (Phi) is 4.02. The van der Waals surface area contributed by atoms with Crippen LogP contribution in [0.2, 0.25) is 0 Å². The number of aliphatic hydroxyl groups excluding tert-OH is 1. The molecule has 0 radical (unpaired) electrons. The normalized spacial score (nSPS) is 29.2.